The van der Waals surface area contributed by atoms with Gasteiger partial charge >= 0.3 is 0 Å². The second kappa shape index (κ2) is 5.38. The van der Waals surface area contributed by atoms with Gasteiger partial charge in [-0.3, -0.25) is 4.79 Å². The summed E-state index contributed by atoms with van der Waals surface area (Å²) in [6, 6.07) is 3.74. The molecule has 5 nitrogen and oxygen atoms in total. The third kappa shape index (κ3) is 2.69. The molecule has 0 atom stereocenters. The lowest BCUT2D eigenvalue weighted by atomic mass is 10.1. The van der Waals surface area contributed by atoms with Crippen molar-refractivity contribution < 1.29 is 14.3 Å². The number of halogens is 1. The summed E-state index contributed by atoms with van der Waals surface area (Å²) in [7, 11) is 0. The zero-order valence-corrected chi connectivity index (χ0v) is 12.0. The number of fused-ring (bicyclic) bond motifs is 1. The van der Waals surface area contributed by atoms with E-state index in [4.69, 9.17) is 9.47 Å². The lowest BCUT2D eigenvalue weighted by molar-refractivity contribution is 0.0929. The standard InChI is InChI=1S/C13H15BrN2O3/c14-10-5-8(6-11-12(10)19-7-18-11)13(17)16-9-1-3-15-4-2-9/h5-6,9,15H,1-4,7H2,(H,16,17). The van der Waals surface area contributed by atoms with Crippen LogP contribution >= 0.6 is 15.9 Å². The molecule has 0 aromatic heterocycles. The molecule has 0 spiro atoms. The molecule has 2 aliphatic rings. The second-order valence-electron chi connectivity index (χ2n) is 4.69. The van der Waals surface area contributed by atoms with Gasteiger partial charge in [0.25, 0.3) is 5.91 Å². The molecule has 1 aromatic rings. The smallest absolute Gasteiger partial charge is 0.251 e. The summed E-state index contributed by atoms with van der Waals surface area (Å²) < 4.78 is 11.4. The minimum absolute atomic E-state index is 0.0640. The number of benzene rings is 1. The first kappa shape index (κ1) is 12.7. The first-order chi connectivity index (χ1) is 9.24. The van der Waals surface area contributed by atoms with E-state index in [1.54, 1.807) is 12.1 Å². The van der Waals surface area contributed by atoms with Crippen molar-refractivity contribution in [2.45, 2.75) is 18.9 Å². The highest BCUT2D eigenvalue weighted by Crippen LogP contribution is 2.39. The van der Waals surface area contributed by atoms with Gasteiger partial charge in [0.1, 0.15) is 0 Å². The number of amides is 1. The number of rotatable bonds is 2. The van der Waals surface area contributed by atoms with Crippen molar-refractivity contribution in [3.8, 4) is 11.5 Å². The molecule has 0 saturated carbocycles. The summed E-state index contributed by atoms with van der Waals surface area (Å²) in [6.45, 7) is 2.11. The van der Waals surface area contributed by atoms with Gasteiger partial charge in [0.15, 0.2) is 11.5 Å². The second-order valence-corrected chi connectivity index (χ2v) is 5.54. The molecule has 19 heavy (non-hydrogen) atoms. The topological polar surface area (TPSA) is 59.6 Å². The van der Waals surface area contributed by atoms with Crippen molar-refractivity contribution in [1.29, 1.82) is 0 Å². The van der Waals surface area contributed by atoms with E-state index in [1.165, 1.54) is 0 Å². The van der Waals surface area contributed by atoms with E-state index in [0.29, 0.717) is 17.1 Å². The Hall–Kier alpha value is -1.27. The number of hydrogen-bond acceptors (Lipinski definition) is 4. The maximum absolute atomic E-state index is 12.2. The predicted molar refractivity (Wildman–Crippen MR) is 73.6 cm³/mol. The van der Waals surface area contributed by atoms with Crippen LogP contribution in [0.3, 0.4) is 0 Å². The summed E-state index contributed by atoms with van der Waals surface area (Å²) in [5.41, 5.74) is 0.592. The van der Waals surface area contributed by atoms with Crippen LogP contribution in [0.15, 0.2) is 16.6 Å². The molecule has 0 bridgehead atoms. The van der Waals surface area contributed by atoms with Gasteiger partial charge in [-0.2, -0.15) is 0 Å². The maximum Gasteiger partial charge on any atom is 0.251 e. The van der Waals surface area contributed by atoms with E-state index in [9.17, 15) is 4.79 Å². The largest absolute Gasteiger partial charge is 0.454 e. The first-order valence-electron chi connectivity index (χ1n) is 6.35. The van der Waals surface area contributed by atoms with Crippen LogP contribution in [0, 0.1) is 0 Å². The fourth-order valence-electron chi connectivity index (χ4n) is 2.33. The average Bonchev–Trinajstić information content (AvgIpc) is 2.88. The van der Waals surface area contributed by atoms with E-state index in [0.717, 1.165) is 30.4 Å². The Bertz CT molecular complexity index is 501. The highest BCUT2D eigenvalue weighted by molar-refractivity contribution is 9.10. The van der Waals surface area contributed by atoms with Crippen molar-refractivity contribution in [1.82, 2.24) is 10.6 Å². The quantitative estimate of drug-likeness (QED) is 0.867. The minimum Gasteiger partial charge on any atom is -0.454 e. The molecule has 1 saturated heterocycles. The molecular formula is C13H15BrN2O3. The van der Waals surface area contributed by atoms with Crippen molar-refractivity contribution in [2.24, 2.45) is 0 Å². The molecule has 1 aromatic carbocycles. The third-order valence-corrected chi connectivity index (χ3v) is 3.95. The molecule has 0 radical (unpaired) electrons. The molecule has 0 aliphatic carbocycles. The van der Waals surface area contributed by atoms with Gasteiger partial charge in [0.05, 0.1) is 4.47 Å². The van der Waals surface area contributed by atoms with Crippen molar-refractivity contribution in [3.05, 3.63) is 22.2 Å². The zero-order chi connectivity index (χ0) is 13.2. The highest BCUT2D eigenvalue weighted by Gasteiger charge is 2.22. The molecular weight excluding hydrogens is 312 g/mol. The van der Waals surface area contributed by atoms with Crippen LogP contribution in [0.1, 0.15) is 23.2 Å². The maximum atomic E-state index is 12.2. The predicted octanol–water partition coefficient (Wildman–Crippen LogP) is 1.66. The average molecular weight is 327 g/mol. The van der Waals surface area contributed by atoms with Crippen LogP contribution in [-0.2, 0) is 0 Å². The Kier molecular flexibility index (Phi) is 3.61. The van der Waals surface area contributed by atoms with Crippen LogP contribution in [0.5, 0.6) is 11.5 Å². The Balaban J connectivity index is 1.74. The zero-order valence-electron chi connectivity index (χ0n) is 10.4. The molecule has 3 rings (SSSR count). The normalized spacial score (nSPS) is 18.4. The van der Waals surface area contributed by atoms with E-state index >= 15 is 0 Å². The summed E-state index contributed by atoms with van der Waals surface area (Å²) in [5.74, 6) is 1.22. The molecule has 1 fully saturated rings. The van der Waals surface area contributed by atoms with Gasteiger partial charge in [-0.15, -0.1) is 0 Å². The van der Waals surface area contributed by atoms with Crippen molar-refractivity contribution in [3.63, 3.8) is 0 Å². The number of piperidine rings is 1. The van der Waals surface area contributed by atoms with Crippen LogP contribution in [0.2, 0.25) is 0 Å². The number of carbonyl (C=O) groups excluding carboxylic acids is 1. The van der Waals surface area contributed by atoms with Crippen LogP contribution in [0.25, 0.3) is 0 Å². The Morgan fingerprint density at radius 1 is 1.32 bits per heavy atom. The van der Waals surface area contributed by atoms with Gasteiger partial charge < -0.3 is 20.1 Å². The van der Waals surface area contributed by atoms with Crippen LogP contribution in [-0.4, -0.2) is 31.8 Å². The van der Waals surface area contributed by atoms with Gasteiger partial charge in [-0.05, 0) is 54.0 Å². The van der Waals surface area contributed by atoms with E-state index in [1.807, 2.05) is 0 Å². The summed E-state index contributed by atoms with van der Waals surface area (Å²) in [6.07, 6.45) is 1.94. The number of nitrogens with one attached hydrogen (secondary N) is 2. The summed E-state index contributed by atoms with van der Waals surface area (Å²) in [5, 5.41) is 6.33. The monoisotopic (exact) mass is 326 g/mol. The lowest BCUT2D eigenvalue weighted by Gasteiger charge is -2.23. The fourth-order valence-corrected chi connectivity index (χ4v) is 2.89. The fraction of sp³-hybridized carbons (Fsp3) is 0.462. The highest BCUT2D eigenvalue weighted by atomic mass is 79.9. The van der Waals surface area contributed by atoms with Crippen LogP contribution < -0.4 is 20.1 Å². The van der Waals surface area contributed by atoms with Crippen molar-refractivity contribution in [2.75, 3.05) is 19.9 Å². The number of carbonyl (C=O) groups is 1. The van der Waals surface area contributed by atoms with Crippen molar-refractivity contribution >= 4 is 21.8 Å². The van der Waals surface area contributed by atoms with E-state index < -0.39 is 0 Å². The molecule has 2 heterocycles. The van der Waals surface area contributed by atoms with Crippen LogP contribution in [0.4, 0.5) is 0 Å². The Labute approximate surface area is 119 Å². The SMILES string of the molecule is O=C(NC1CCNCC1)c1cc(Br)c2c(c1)OCO2. The lowest BCUT2D eigenvalue weighted by Crippen LogP contribution is -2.42. The van der Waals surface area contributed by atoms with E-state index in [-0.39, 0.29) is 18.7 Å². The van der Waals surface area contributed by atoms with E-state index in [2.05, 4.69) is 26.6 Å². The number of hydrogen-bond donors (Lipinski definition) is 2. The third-order valence-electron chi connectivity index (χ3n) is 3.36. The molecule has 2 N–H and O–H groups in total. The minimum atomic E-state index is -0.0640. The molecule has 102 valence electrons. The molecule has 6 heteroatoms. The Morgan fingerprint density at radius 3 is 2.89 bits per heavy atom. The summed E-state index contributed by atoms with van der Waals surface area (Å²) >= 11 is 3.40. The van der Waals surface area contributed by atoms with Gasteiger partial charge in [-0.1, -0.05) is 0 Å². The molecule has 2 aliphatic heterocycles. The molecule has 0 unspecified atom stereocenters. The van der Waals surface area contributed by atoms with Gasteiger partial charge in [0, 0.05) is 11.6 Å². The van der Waals surface area contributed by atoms with Gasteiger partial charge in [-0.25, -0.2) is 0 Å². The Morgan fingerprint density at radius 2 is 2.11 bits per heavy atom. The van der Waals surface area contributed by atoms with Gasteiger partial charge in [0.2, 0.25) is 6.79 Å². The molecule has 1 amide bonds. The summed E-state index contributed by atoms with van der Waals surface area (Å²) in [4.78, 5) is 12.2. The first-order valence-corrected chi connectivity index (χ1v) is 7.14. The number of ether oxygens (including phenoxy) is 2.